The molecule has 2 amide bonds. The van der Waals surface area contributed by atoms with Gasteiger partial charge in [-0.1, -0.05) is 24.9 Å². The molecular formula is C10H17ClN4O3S. The molecule has 0 atom stereocenters. The number of carbonyl (C=O) groups excluding carboxylic acids is 1. The van der Waals surface area contributed by atoms with Crippen LogP contribution < -0.4 is 10.0 Å². The van der Waals surface area contributed by atoms with E-state index in [1.165, 1.54) is 18.7 Å². The average Bonchev–Trinajstić information content (AvgIpc) is 2.52. The van der Waals surface area contributed by atoms with Gasteiger partial charge in [0, 0.05) is 13.6 Å². The van der Waals surface area contributed by atoms with E-state index in [9.17, 15) is 13.2 Å². The molecule has 0 radical (unpaired) electrons. The maximum atomic E-state index is 12.0. The minimum atomic E-state index is -4.01. The molecule has 1 rings (SSSR count). The minimum absolute atomic E-state index is 0.0358. The van der Waals surface area contributed by atoms with Crippen molar-refractivity contribution < 1.29 is 13.2 Å². The van der Waals surface area contributed by atoms with Crippen molar-refractivity contribution in [3.63, 3.8) is 0 Å². The van der Waals surface area contributed by atoms with Crippen molar-refractivity contribution in [1.82, 2.24) is 19.8 Å². The van der Waals surface area contributed by atoms with Crippen LogP contribution in [0.3, 0.4) is 0 Å². The van der Waals surface area contributed by atoms with Gasteiger partial charge >= 0.3 is 6.03 Å². The first kappa shape index (κ1) is 15.8. The van der Waals surface area contributed by atoms with Crippen LogP contribution >= 0.6 is 11.6 Å². The summed E-state index contributed by atoms with van der Waals surface area (Å²) >= 11 is 5.86. The summed E-state index contributed by atoms with van der Waals surface area (Å²) in [5.41, 5.74) is 0.237. The Balaban J connectivity index is 2.84. The molecule has 7 nitrogen and oxygen atoms in total. The summed E-state index contributed by atoms with van der Waals surface area (Å²) in [6, 6.07) is -0.771. The molecular weight excluding hydrogens is 292 g/mol. The van der Waals surface area contributed by atoms with Crippen LogP contribution in [0.4, 0.5) is 4.79 Å². The zero-order valence-corrected chi connectivity index (χ0v) is 12.6. The number of rotatable bonds is 5. The topological polar surface area (TPSA) is 93.1 Å². The fourth-order valence-electron chi connectivity index (χ4n) is 1.50. The second-order valence-corrected chi connectivity index (χ2v) is 6.02. The number of nitrogens with one attached hydrogen (secondary N) is 2. The number of hydrogen-bond donors (Lipinski definition) is 2. The number of urea groups is 1. The van der Waals surface area contributed by atoms with Crippen molar-refractivity contribution in [1.29, 1.82) is 0 Å². The number of carbonyl (C=O) groups is 1. The van der Waals surface area contributed by atoms with Gasteiger partial charge in [0.05, 0.1) is 5.69 Å². The van der Waals surface area contributed by atoms with Gasteiger partial charge in [-0.05, 0) is 13.3 Å². The van der Waals surface area contributed by atoms with Gasteiger partial charge in [-0.3, -0.25) is 4.68 Å². The lowest BCUT2D eigenvalue weighted by atomic mass is 10.3. The van der Waals surface area contributed by atoms with Crippen molar-refractivity contribution in [2.45, 2.75) is 31.6 Å². The predicted molar refractivity (Wildman–Crippen MR) is 71.6 cm³/mol. The molecule has 1 aromatic rings. The van der Waals surface area contributed by atoms with E-state index in [0.717, 1.165) is 12.8 Å². The van der Waals surface area contributed by atoms with Crippen LogP contribution in [-0.2, 0) is 17.1 Å². The quantitative estimate of drug-likeness (QED) is 0.799. The van der Waals surface area contributed by atoms with Gasteiger partial charge in [0.2, 0.25) is 0 Å². The van der Waals surface area contributed by atoms with Gasteiger partial charge < -0.3 is 5.32 Å². The highest BCUT2D eigenvalue weighted by atomic mass is 35.5. The van der Waals surface area contributed by atoms with Gasteiger partial charge in [0.1, 0.15) is 10.0 Å². The monoisotopic (exact) mass is 308 g/mol. The molecule has 0 spiro atoms. The molecule has 0 aromatic carbocycles. The number of hydrogen-bond acceptors (Lipinski definition) is 4. The Hall–Kier alpha value is -1.28. The van der Waals surface area contributed by atoms with E-state index in [1.807, 2.05) is 11.6 Å². The second kappa shape index (κ2) is 6.25. The Morgan fingerprint density at radius 2 is 2.11 bits per heavy atom. The maximum absolute atomic E-state index is 12.0. The smallest absolute Gasteiger partial charge is 0.328 e. The van der Waals surface area contributed by atoms with E-state index in [-0.39, 0.29) is 15.7 Å². The summed E-state index contributed by atoms with van der Waals surface area (Å²) in [4.78, 5) is 11.3. The van der Waals surface area contributed by atoms with Gasteiger partial charge in [-0.25, -0.2) is 17.9 Å². The zero-order valence-electron chi connectivity index (χ0n) is 11.0. The van der Waals surface area contributed by atoms with Crippen molar-refractivity contribution in [3.05, 3.63) is 10.8 Å². The number of sulfonamides is 1. The van der Waals surface area contributed by atoms with Crippen LogP contribution in [0, 0.1) is 6.92 Å². The summed E-state index contributed by atoms with van der Waals surface area (Å²) < 4.78 is 27.2. The van der Waals surface area contributed by atoms with Crippen molar-refractivity contribution in [3.8, 4) is 0 Å². The standard InChI is InChI=1S/C10H17ClN4O3S/c1-4-5-6-12-10(16)14-19(17,18)8-7(2)13-15(3)9(8)11/h4-6H2,1-3H3,(H2,12,14,16). The summed E-state index contributed by atoms with van der Waals surface area (Å²) in [5.74, 6) is 0. The zero-order chi connectivity index (χ0) is 14.6. The SMILES string of the molecule is CCCCNC(=O)NS(=O)(=O)c1c(C)nn(C)c1Cl. The molecule has 0 aliphatic rings. The van der Waals surface area contributed by atoms with E-state index in [2.05, 4.69) is 10.4 Å². The summed E-state index contributed by atoms with van der Waals surface area (Å²) in [6.45, 7) is 3.89. The normalized spacial score (nSPS) is 11.4. The van der Waals surface area contributed by atoms with Crippen LogP contribution in [0.25, 0.3) is 0 Å². The van der Waals surface area contributed by atoms with E-state index in [1.54, 1.807) is 0 Å². The van der Waals surface area contributed by atoms with Gasteiger partial charge in [-0.2, -0.15) is 5.10 Å². The second-order valence-electron chi connectivity index (χ2n) is 4.04. The van der Waals surface area contributed by atoms with Crippen LogP contribution in [0.5, 0.6) is 0 Å². The molecule has 0 fully saturated rings. The Morgan fingerprint density at radius 3 is 2.58 bits per heavy atom. The third-order valence-electron chi connectivity index (χ3n) is 2.41. The highest BCUT2D eigenvalue weighted by molar-refractivity contribution is 7.90. The van der Waals surface area contributed by atoms with Gasteiger partial charge in [0.15, 0.2) is 0 Å². The molecule has 0 bridgehead atoms. The third-order valence-corrected chi connectivity index (χ3v) is 4.44. The number of nitrogens with zero attached hydrogens (tertiary/aromatic N) is 2. The lowest BCUT2D eigenvalue weighted by Gasteiger charge is -2.07. The Morgan fingerprint density at radius 1 is 1.47 bits per heavy atom. The molecule has 0 aliphatic heterocycles. The van der Waals surface area contributed by atoms with E-state index >= 15 is 0 Å². The fraction of sp³-hybridized carbons (Fsp3) is 0.600. The summed E-state index contributed by atoms with van der Waals surface area (Å²) in [6.07, 6.45) is 1.68. The Kier molecular flexibility index (Phi) is 5.19. The molecule has 2 N–H and O–H groups in total. The van der Waals surface area contributed by atoms with Gasteiger partial charge in [-0.15, -0.1) is 0 Å². The molecule has 108 valence electrons. The fourth-order valence-corrected chi connectivity index (χ4v) is 3.18. The van der Waals surface area contributed by atoms with Crippen LogP contribution in [0.2, 0.25) is 5.15 Å². The summed E-state index contributed by atoms with van der Waals surface area (Å²) in [7, 11) is -2.49. The molecule has 0 aliphatic carbocycles. The average molecular weight is 309 g/mol. The van der Waals surface area contributed by atoms with E-state index in [4.69, 9.17) is 11.6 Å². The van der Waals surface area contributed by atoms with Crippen molar-refractivity contribution in [2.24, 2.45) is 7.05 Å². The van der Waals surface area contributed by atoms with Gasteiger partial charge in [0.25, 0.3) is 10.0 Å². The molecule has 1 heterocycles. The third kappa shape index (κ3) is 3.84. The lowest BCUT2D eigenvalue weighted by molar-refractivity contribution is 0.245. The first-order chi connectivity index (χ1) is 8.79. The number of halogens is 1. The number of unbranched alkanes of at least 4 members (excludes halogenated alkanes) is 1. The maximum Gasteiger partial charge on any atom is 0.328 e. The highest BCUT2D eigenvalue weighted by Gasteiger charge is 2.26. The van der Waals surface area contributed by atoms with Crippen LogP contribution in [-0.4, -0.2) is 30.8 Å². The Bertz CT molecular complexity index is 568. The van der Waals surface area contributed by atoms with Crippen molar-refractivity contribution >= 4 is 27.7 Å². The number of aromatic nitrogens is 2. The van der Waals surface area contributed by atoms with Crippen LogP contribution in [0.1, 0.15) is 25.5 Å². The molecule has 0 saturated carbocycles. The molecule has 0 unspecified atom stereocenters. The van der Waals surface area contributed by atoms with Crippen LogP contribution in [0.15, 0.2) is 4.90 Å². The Labute approximate surface area is 117 Å². The first-order valence-corrected chi connectivity index (χ1v) is 7.65. The number of amides is 2. The predicted octanol–water partition coefficient (Wildman–Crippen LogP) is 1.17. The summed E-state index contributed by atoms with van der Waals surface area (Å²) in [5, 5.41) is 6.31. The molecule has 9 heteroatoms. The minimum Gasteiger partial charge on any atom is -0.337 e. The molecule has 0 saturated heterocycles. The van der Waals surface area contributed by atoms with E-state index < -0.39 is 16.1 Å². The lowest BCUT2D eigenvalue weighted by Crippen LogP contribution is -2.39. The van der Waals surface area contributed by atoms with E-state index in [0.29, 0.717) is 6.54 Å². The highest BCUT2D eigenvalue weighted by Crippen LogP contribution is 2.23. The molecule has 1 aromatic heterocycles. The number of aryl methyl sites for hydroxylation is 2. The first-order valence-electron chi connectivity index (χ1n) is 5.79. The molecule has 19 heavy (non-hydrogen) atoms. The largest absolute Gasteiger partial charge is 0.337 e. The van der Waals surface area contributed by atoms with Crippen molar-refractivity contribution in [2.75, 3.05) is 6.54 Å².